The van der Waals surface area contributed by atoms with Crippen molar-refractivity contribution in [3.63, 3.8) is 0 Å². The number of esters is 1. The van der Waals surface area contributed by atoms with E-state index in [4.69, 9.17) is 4.74 Å². The first-order valence-electron chi connectivity index (χ1n) is 10.3. The van der Waals surface area contributed by atoms with Crippen molar-refractivity contribution in [2.45, 2.75) is 36.7 Å². The number of aryl methyl sites for hydroxylation is 2. The van der Waals surface area contributed by atoms with E-state index >= 15 is 0 Å². The van der Waals surface area contributed by atoms with Crippen LogP contribution in [0.1, 0.15) is 32.6 Å². The highest BCUT2D eigenvalue weighted by atomic mass is 32.2. The van der Waals surface area contributed by atoms with Gasteiger partial charge in [-0.05, 0) is 61.4 Å². The summed E-state index contributed by atoms with van der Waals surface area (Å²) >= 11 is 0. The van der Waals surface area contributed by atoms with Crippen molar-refractivity contribution >= 4 is 26.0 Å². The molecule has 0 amide bonds. The Balaban J connectivity index is 1.81. The van der Waals surface area contributed by atoms with Gasteiger partial charge in [-0.15, -0.1) is 0 Å². The highest BCUT2D eigenvalue weighted by Gasteiger charge is 2.17. The van der Waals surface area contributed by atoms with Crippen LogP contribution < -0.4 is 9.44 Å². The number of hydrogen-bond donors (Lipinski definition) is 2. The summed E-state index contributed by atoms with van der Waals surface area (Å²) in [6.45, 7) is 3.52. The molecule has 0 aromatic heterocycles. The smallest absolute Gasteiger partial charge is 0.337 e. The second-order valence-electron chi connectivity index (χ2n) is 7.80. The zero-order valence-corrected chi connectivity index (χ0v) is 20.7. The lowest BCUT2D eigenvalue weighted by molar-refractivity contribution is 0.0600. The van der Waals surface area contributed by atoms with Crippen LogP contribution in [0.25, 0.3) is 0 Å². The van der Waals surface area contributed by atoms with Gasteiger partial charge in [-0.2, -0.15) is 0 Å². The molecule has 0 unspecified atom stereocenters. The molecule has 0 bridgehead atoms. The first-order valence-corrected chi connectivity index (χ1v) is 13.3. The molecular weight excluding hydrogens is 476 g/mol. The van der Waals surface area contributed by atoms with Gasteiger partial charge in [0.1, 0.15) is 0 Å². The third-order valence-corrected chi connectivity index (χ3v) is 7.90. The van der Waals surface area contributed by atoms with E-state index in [-0.39, 0.29) is 28.4 Å². The third-order valence-electron chi connectivity index (χ3n) is 5.07. The van der Waals surface area contributed by atoms with Gasteiger partial charge in [0.15, 0.2) is 0 Å². The molecule has 0 spiro atoms. The number of carbonyl (C=O) groups is 1. The highest BCUT2D eigenvalue weighted by Crippen LogP contribution is 2.16. The van der Waals surface area contributed by atoms with E-state index in [1.165, 1.54) is 43.5 Å². The lowest BCUT2D eigenvalue weighted by Crippen LogP contribution is -2.25. The average molecular weight is 503 g/mol. The normalized spacial score (nSPS) is 11.9. The van der Waals surface area contributed by atoms with E-state index in [1.807, 2.05) is 13.8 Å². The summed E-state index contributed by atoms with van der Waals surface area (Å²) in [6, 6.07) is 17.5. The minimum atomic E-state index is -3.78. The lowest BCUT2D eigenvalue weighted by atomic mass is 10.1. The predicted octanol–water partition coefficient (Wildman–Crippen LogP) is 3.05. The van der Waals surface area contributed by atoms with Gasteiger partial charge in [-0.3, -0.25) is 0 Å². The molecule has 2 N–H and O–H groups in total. The van der Waals surface area contributed by atoms with Crippen LogP contribution in [0.3, 0.4) is 0 Å². The molecule has 3 rings (SSSR count). The molecule has 10 heteroatoms. The Bertz CT molecular complexity index is 1280. The van der Waals surface area contributed by atoms with Gasteiger partial charge in [0.05, 0.1) is 22.5 Å². The fourth-order valence-electron chi connectivity index (χ4n) is 3.16. The molecule has 0 saturated carbocycles. The molecule has 0 heterocycles. The van der Waals surface area contributed by atoms with Crippen molar-refractivity contribution in [1.29, 1.82) is 0 Å². The highest BCUT2D eigenvalue weighted by molar-refractivity contribution is 7.89. The number of ether oxygens (including phenoxy) is 1. The summed E-state index contributed by atoms with van der Waals surface area (Å²) in [7, 11) is -6.33. The Morgan fingerprint density at radius 2 is 1.09 bits per heavy atom. The molecule has 0 atom stereocenters. The van der Waals surface area contributed by atoms with E-state index in [1.54, 1.807) is 30.3 Å². The van der Waals surface area contributed by atoms with Gasteiger partial charge >= 0.3 is 5.97 Å². The zero-order valence-electron chi connectivity index (χ0n) is 19.0. The Kier molecular flexibility index (Phi) is 7.88. The Hall–Kier alpha value is -3.05. The second-order valence-corrected chi connectivity index (χ2v) is 11.3. The van der Waals surface area contributed by atoms with Crippen molar-refractivity contribution in [1.82, 2.24) is 9.44 Å². The van der Waals surface area contributed by atoms with Gasteiger partial charge in [0, 0.05) is 13.1 Å². The molecule has 0 aliphatic carbocycles. The summed E-state index contributed by atoms with van der Waals surface area (Å²) in [4.78, 5) is 12.4. The molecule has 0 aliphatic heterocycles. The maximum absolute atomic E-state index is 12.6. The summed E-state index contributed by atoms with van der Waals surface area (Å²) in [5.74, 6) is -0.620. The summed E-state index contributed by atoms with van der Waals surface area (Å²) in [6.07, 6.45) is 0. The number of hydrogen-bond acceptors (Lipinski definition) is 6. The van der Waals surface area contributed by atoms with E-state index in [0.29, 0.717) is 11.1 Å². The van der Waals surface area contributed by atoms with Crippen LogP contribution in [0.4, 0.5) is 0 Å². The van der Waals surface area contributed by atoms with Crippen LogP contribution in [0.15, 0.2) is 76.5 Å². The van der Waals surface area contributed by atoms with Crippen molar-refractivity contribution in [2.75, 3.05) is 7.11 Å². The SMILES string of the molecule is COC(=O)c1cc(CNS(=O)(=O)c2ccc(C)cc2)cc(CNS(=O)(=O)c2ccc(C)cc2)c1. The number of carbonyl (C=O) groups excluding carboxylic acids is 1. The minimum absolute atomic E-state index is 0.0985. The molecule has 0 radical (unpaired) electrons. The maximum Gasteiger partial charge on any atom is 0.337 e. The van der Waals surface area contributed by atoms with E-state index in [9.17, 15) is 21.6 Å². The zero-order chi connectivity index (χ0) is 24.9. The summed E-state index contributed by atoms with van der Waals surface area (Å²) < 4.78 is 60.3. The van der Waals surface area contributed by atoms with Crippen molar-refractivity contribution in [3.8, 4) is 0 Å². The van der Waals surface area contributed by atoms with Crippen LogP contribution in [0.2, 0.25) is 0 Å². The monoisotopic (exact) mass is 502 g/mol. The second kappa shape index (κ2) is 10.5. The first kappa shape index (κ1) is 25.6. The van der Waals surface area contributed by atoms with Gasteiger partial charge in [-0.25, -0.2) is 31.1 Å². The molecule has 180 valence electrons. The topological polar surface area (TPSA) is 119 Å². The van der Waals surface area contributed by atoms with E-state index in [2.05, 4.69) is 9.44 Å². The maximum atomic E-state index is 12.6. The average Bonchev–Trinajstić information content (AvgIpc) is 2.81. The molecule has 34 heavy (non-hydrogen) atoms. The van der Waals surface area contributed by atoms with Crippen LogP contribution in [0, 0.1) is 13.8 Å². The van der Waals surface area contributed by atoms with Crippen LogP contribution in [-0.2, 0) is 37.9 Å². The van der Waals surface area contributed by atoms with Crippen molar-refractivity contribution < 1.29 is 26.4 Å². The molecule has 8 nitrogen and oxygen atoms in total. The largest absolute Gasteiger partial charge is 0.465 e. The standard InChI is InChI=1S/C24H26N2O6S2/c1-17-4-8-22(9-5-17)33(28,29)25-15-19-12-20(14-21(13-19)24(27)32-3)16-26-34(30,31)23-10-6-18(2)7-11-23/h4-14,25-26H,15-16H2,1-3H3. The number of nitrogens with one attached hydrogen (secondary N) is 2. The van der Waals surface area contributed by atoms with Crippen molar-refractivity contribution in [2.24, 2.45) is 0 Å². The van der Waals surface area contributed by atoms with E-state index in [0.717, 1.165) is 11.1 Å². The van der Waals surface area contributed by atoms with Crippen LogP contribution in [-0.4, -0.2) is 29.9 Å². The quantitative estimate of drug-likeness (QED) is 0.434. The molecule has 3 aromatic carbocycles. The number of benzene rings is 3. The van der Waals surface area contributed by atoms with Crippen molar-refractivity contribution in [3.05, 3.63) is 94.5 Å². The van der Waals surface area contributed by atoms with Crippen LogP contribution in [0.5, 0.6) is 0 Å². The predicted molar refractivity (Wildman–Crippen MR) is 128 cm³/mol. The first-order chi connectivity index (χ1) is 16.0. The van der Waals surface area contributed by atoms with Gasteiger partial charge in [0.25, 0.3) is 0 Å². The van der Waals surface area contributed by atoms with Crippen LogP contribution >= 0.6 is 0 Å². The number of rotatable bonds is 9. The Morgan fingerprint density at radius 3 is 1.44 bits per heavy atom. The molecule has 0 aliphatic rings. The lowest BCUT2D eigenvalue weighted by Gasteiger charge is -2.12. The fraction of sp³-hybridized carbons (Fsp3) is 0.208. The molecule has 0 fully saturated rings. The Morgan fingerprint density at radius 1 is 0.706 bits per heavy atom. The summed E-state index contributed by atoms with van der Waals surface area (Å²) in [5.41, 5.74) is 3.00. The molecule has 0 saturated heterocycles. The number of methoxy groups -OCH3 is 1. The molecule has 3 aromatic rings. The fourth-order valence-corrected chi connectivity index (χ4v) is 5.20. The van der Waals surface area contributed by atoms with Gasteiger partial charge in [-0.1, -0.05) is 41.5 Å². The molecular formula is C24H26N2O6S2. The van der Waals surface area contributed by atoms with E-state index < -0.39 is 26.0 Å². The van der Waals surface area contributed by atoms with Gasteiger partial charge in [0.2, 0.25) is 20.0 Å². The van der Waals surface area contributed by atoms with Gasteiger partial charge < -0.3 is 4.74 Å². The minimum Gasteiger partial charge on any atom is -0.465 e. The summed E-state index contributed by atoms with van der Waals surface area (Å²) in [5, 5.41) is 0. The Labute approximate surface area is 200 Å². The number of sulfonamides is 2. The third kappa shape index (κ3) is 6.51.